The Morgan fingerprint density at radius 1 is 1.39 bits per heavy atom. The van der Waals surface area contributed by atoms with Gasteiger partial charge in [-0.25, -0.2) is 0 Å². The molecule has 0 saturated carbocycles. The van der Waals surface area contributed by atoms with E-state index in [1.54, 1.807) is 0 Å². The van der Waals surface area contributed by atoms with Crippen molar-refractivity contribution < 1.29 is 0 Å². The Bertz CT molecular complexity index is 412. The Morgan fingerprint density at radius 2 is 2.06 bits per heavy atom. The van der Waals surface area contributed by atoms with Crippen LogP contribution < -0.4 is 10.6 Å². The number of benzene rings is 1. The molecule has 0 heterocycles. The van der Waals surface area contributed by atoms with Crippen LogP contribution in [-0.4, -0.2) is 18.9 Å². The van der Waals surface area contributed by atoms with Crippen molar-refractivity contribution in [2.24, 2.45) is 11.7 Å². The smallest absolute Gasteiger partial charge is 0.123 e. The summed E-state index contributed by atoms with van der Waals surface area (Å²) < 4.78 is 0. The van der Waals surface area contributed by atoms with Crippen molar-refractivity contribution in [1.82, 2.24) is 0 Å². The number of nitrogens with two attached hydrogens (primary N) is 1. The molecule has 1 atom stereocenters. The van der Waals surface area contributed by atoms with Gasteiger partial charge in [0, 0.05) is 24.3 Å². The summed E-state index contributed by atoms with van der Waals surface area (Å²) in [6, 6.07) is 6.14. The molecule has 0 fully saturated rings. The van der Waals surface area contributed by atoms with Gasteiger partial charge in [0.25, 0.3) is 0 Å². The minimum absolute atomic E-state index is 0.143. The van der Waals surface area contributed by atoms with E-state index in [-0.39, 0.29) is 5.84 Å². The van der Waals surface area contributed by atoms with Crippen LogP contribution in [0.15, 0.2) is 18.2 Å². The molecule has 1 unspecified atom stereocenters. The lowest BCUT2D eigenvalue weighted by Crippen LogP contribution is -2.28. The van der Waals surface area contributed by atoms with E-state index in [0.717, 1.165) is 24.2 Å². The number of hydrogen-bond donors (Lipinski definition) is 2. The number of anilines is 1. The first kappa shape index (κ1) is 14.6. The third-order valence-electron chi connectivity index (χ3n) is 3.48. The Hall–Kier alpha value is -1.51. The average Bonchev–Trinajstić information content (AvgIpc) is 2.34. The Balaban J connectivity index is 2.94. The fourth-order valence-electron chi connectivity index (χ4n) is 2.07. The molecule has 0 saturated heterocycles. The zero-order valence-electron chi connectivity index (χ0n) is 12.0. The van der Waals surface area contributed by atoms with Crippen LogP contribution in [0.3, 0.4) is 0 Å². The van der Waals surface area contributed by atoms with Crippen LogP contribution in [0, 0.1) is 18.3 Å². The molecule has 0 bridgehead atoms. The first-order valence-electron chi connectivity index (χ1n) is 6.69. The zero-order valence-corrected chi connectivity index (χ0v) is 12.0. The summed E-state index contributed by atoms with van der Waals surface area (Å²) in [6.45, 7) is 10.8. The molecule has 1 aromatic carbocycles. The van der Waals surface area contributed by atoms with Crippen LogP contribution in [0.4, 0.5) is 5.69 Å². The second kappa shape index (κ2) is 6.43. The van der Waals surface area contributed by atoms with Gasteiger partial charge in [-0.1, -0.05) is 20.3 Å². The first-order valence-corrected chi connectivity index (χ1v) is 6.69. The number of rotatable bonds is 6. The Morgan fingerprint density at radius 3 is 2.50 bits per heavy atom. The van der Waals surface area contributed by atoms with Crippen LogP contribution in [0.25, 0.3) is 0 Å². The van der Waals surface area contributed by atoms with Crippen LogP contribution in [-0.2, 0) is 0 Å². The molecule has 0 amide bonds. The number of aryl methyl sites for hydroxylation is 1. The average molecular weight is 247 g/mol. The van der Waals surface area contributed by atoms with Crippen LogP contribution in [0.1, 0.15) is 38.3 Å². The van der Waals surface area contributed by atoms with E-state index in [9.17, 15) is 0 Å². The second-order valence-corrected chi connectivity index (χ2v) is 4.96. The maximum absolute atomic E-state index is 7.51. The van der Waals surface area contributed by atoms with Crippen molar-refractivity contribution in [2.45, 2.75) is 34.1 Å². The van der Waals surface area contributed by atoms with Crippen molar-refractivity contribution in [3.63, 3.8) is 0 Å². The molecular formula is C15H25N3. The van der Waals surface area contributed by atoms with Gasteiger partial charge in [0.2, 0.25) is 0 Å². The fourth-order valence-corrected chi connectivity index (χ4v) is 2.07. The molecule has 1 rings (SSSR count). The van der Waals surface area contributed by atoms with E-state index in [0.29, 0.717) is 5.92 Å². The van der Waals surface area contributed by atoms with Gasteiger partial charge in [-0.2, -0.15) is 0 Å². The number of hydrogen-bond acceptors (Lipinski definition) is 2. The summed E-state index contributed by atoms with van der Waals surface area (Å²) in [4.78, 5) is 2.38. The summed E-state index contributed by atoms with van der Waals surface area (Å²) in [6.07, 6.45) is 1.20. The maximum atomic E-state index is 7.51. The molecule has 3 heteroatoms. The lowest BCUT2D eigenvalue weighted by Gasteiger charge is -2.27. The molecule has 0 aliphatic rings. The molecule has 0 aromatic heterocycles. The van der Waals surface area contributed by atoms with Gasteiger partial charge < -0.3 is 10.6 Å². The molecule has 3 nitrogen and oxygen atoms in total. The fraction of sp³-hybridized carbons (Fsp3) is 0.533. The molecule has 0 radical (unpaired) electrons. The van der Waals surface area contributed by atoms with E-state index in [1.165, 1.54) is 12.1 Å². The van der Waals surface area contributed by atoms with Gasteiger partial charge in [-0.15, -0.1) is 0 Å². The van der Waals surface area contributed by atoms with Crippen molar-refractivity contribution in [2.75, 3.05) is 18.0 Å². The van der Waals surface area contributed by atoms with E-state index in [1.807, 2.05) is 13.0 Å². The molecule has 3 N–H and O–H groups in total. The lowest BCUT2D eigenvalue weighted by atomic mass is 10.0. The van der Waals surface area contributed by atoms with Gasteiger partial charge in [-0.3, -0.25) is 5.41 Å². The highest BCUT2D eigenvalue weighted by Crippen LogP contribution is 2.20. The third-order valence-corrected chi connectivity index (χ3v) is 3.48. The minimum atomic E-state index is 0.143. The Labute approximate surface area is 111 Å². The molecule has 18 heavy (non-hydrogen) atoms. The molecule has 0 aliphatic carbocycles. The monoisotopic (exact) mass is 247 g/mol. The molecule has 0 spiro atoms. The SMILES string of the molecule is CCC(C)CN(CC)c1ccc(C(=N)N)c(C)c1. The predicted octanol–water partition coefficient (Wildman–Crippen LogP) is 3.15. The molecule has 100 valence electrons. The van der Waals surface area contributed by atoms with E-state index in [4.69, 9.17) is 11.1 Å². The van der Waals surface area contributed by atoms with Crippen molar-refractivity contribution >= 4 is 11.5 Å². The summed E-state index contributed by atoms with van der Waals surface area (Å²) in [7, 11) is 0. The normalized spacial score (nSPS) is 12.2. The second-order valence-electron chi connectivity index (χ2n) is 4.96. The summed E-state index contributed by atoms with van der Waals surface area (Å²) >= 11 is 0. The quantitative estimate of drug-likeness (QED) is 0.599. The van der Waals surface area contributed by atoms with E-state index in [2.05, 4.69) is 37.8 Å². The largest absolute Gasteiger partial charge is 0.384 e. The minimum Gasteiger partial charge on any atom is -0.384 e. The standard InChI is InChI=1S/C15H25N3/c1-5-11(3)10-18(6-2)13-7-8-14(15(16)17)12(4)9-13/h7-9,11H,5-6,10H2,1-4H3,(H3,16,17). The summed E-state index contributed by atoms with van der Waals surface area (Å²) in [5.41, 5.74) is 8.67. The maximum Gasteiger partial charge on any atom is 0.123 e. The van der Waals surface area contributed by atoms with E-state index >= 15 is 0 Å². The molecule has 1 aromatic rings. The van der Waals surface area contributed by atoms with Gasteiger partial charge in [0.15, 0.2) is 0 Å². The lowest BCUT2D eigenvalue weighted by molar-refractivity contribution is 0.548. The van der Waals surface area contributed by atoms with Crippen molar-refractivity contribution in [3.8, 4) is 0 Å². The molecule has 0 aliphatic heterocycles. The highest BCUT2D eigenvalue weighted by molar-refractivity contribution is 5.96. The predicted molar refractivity (Wildman–Crippen MR) is 79.5 cm³/mol. The van der Waals surface area contributed by atoms with Gasteiger partial charge >= 0.3 is 0 Å². The number of nitrogen functional groups attached to an aromatic ring is 1. The van der Waals surface area contributed by atoms with Crippen LogP contribution >= 0.6 is 0 Å². The molecular weight excluding hydrogens is 222 g/mol. The van der Waals surface area contributed by atoms with Crippen molar-refractivity contribution in [3.05, 3.63) is 29.3 Å². The van der Waals surface area contributed by atoms with E-state index < -0.39 is 0 Å². The summed E-state index contributed by atoms with van der Waals surface area (Å²) in [5.74, 6) is 0.835. The summed E-state index contributed by atoms with van der Waals surface area (Å²) in [5, 5.41) is 7.51. The van der Waals surface area contributed by atoms with Crippen molar-refractivity contribution in [1.29, 1.82) is 5.41 Å². The van der Waals surface area contributed by atoms with Crippen LogP contribution in [0.2, 0.25) is 0 Å². The topological polar surface area (TPSA) is 53.1 Å². The number of amidine groups is 1. The van der Waals surface area contributed by atoms with Gasteiger partial charge in [0.05, 0.1) is 0 Å². The first-order chi connectivity index (χ1) is 8.49. The van der Waals surface area contributed by atoms with Gasteiger partial charge in [-0.05, 0) is 43.5 Å². The highest BCUT2D eigenvalue weighted by Gasteiger charge is 2.10. The number of nitrogens with one attached hydrogen (secondary N) is 1. The highest BCUT2D eigenvalue weighted by atomic mass is 15.1. The number of nitrogens with zero attached hydrogens (tertiary/aromatic N) is 1. The zero-order chi connectivity index (χ0) is 13.7. The Kier molecular flexibility index (Phi) is 5.20. The van der Waals surface area contributed by atoms with Gasteiger partial charge in [0.1, 0.15) is 5.84 Å². The van der Waals surface area contributed by atoms with Crippen LogP contribution in [0.5, 0.6) is 0 Å². The third kappa shape index (κ3) is 3.49.